The topological polar surface area (TPSA) is 52.1 Å². The highest BCUT2D eigenvalue weighted by atomic mass is 32.2. The molecule has 0 N–H and O–H groups in total. The second-order valence-electron chi connectivity index (χ2n) is 7.25. The minimum absolute atomic E-state index is 0.134. The molecule has 0 aliphatic heterocycles. The molecule has 0 saturated carbocycles. The Labute approximate surface area is 157 Å². The third-order valence-corrected chi connectivity index (χ3v) is 7.01. The van der Waals surface area contributed by atoms with Crippen LogP contribution in [0, 0.1) is 11.8 Å². The second kappa shape index (κ2) is 8.04. The number of aryl methyl sites for hydroxylation is 1. The molecule has 0 unspecified atom stereocenters. The van der Waals surface area contributed by atoms with Crippen LogP contribution < -0.4 is 0 Å². The van der Waals surface area contributed by atoms with E-state index in [-0.39, 0.29) is 11.2 Å². The van der Waals surface area contributed by atoms with Crippen molar-refractivity contribution in [1.82, 2.24) is 9.97 Å². The number of aromatic nitrogens is 2. The predicted octanol–water partition coefficient (Wildman–Crippen LogP) is 4.89. The van der Waals surface area contributed by atoms with Crippen molar-refractivity contribution in [1.29, 1.82) is 0 Å². The Morgan fingerprint density at radius 2 is 2.24 bits per heavy atom. The molecule has 2 atom stereocenters. The van der Waals surface area contributed by atoms with E-state index in [0.717, 1.165) is 35.0 Å². The number of rotatable bonds is 6. The van der Waals surface area contributed by atoms with E-state index < -0.39 is 0 Å². The standard InChI is InChI=1S/C19H26N2O2S2/c1-5-14(19(22)23-9-11(2)3)24-17-16-13-7-6-12(4)8-15(13)25-18(16)21-10-20-17/h10-12,14H,5-9H2,1-4H3/t12-,14+/m0/s1. The van der Waals surface area contributed by atoms with E-state index in [1.165, 1.54) is 34.0 Å². The summed E-state index contributed by atoms with van der Waals surface area (Å²) in [5, 5.41) is 1.90. The fourth-order valence-electron chi connectivity index (χ4n) is 3.11. The minimum Gasteiger partial charge on any atom is -0.465 e. The Bertz CT molecular complexity index is 757. The molecule has 0 fully saturated rings. The molecule has 0 radical (unpaired) electrons. The van der Waals surface area contributed by atoms with Gasteiger partial charge in [0.15, 0.2) is 0 Å². The predicted molar refractivity (Wildman–Crippen MR) is 104 cm³/mol. The van der Waals surface area contributed by atoms with Gasteiger partial charge in [-0.1, -0.05) is 39.5 Å². The van der Waals surface area contributed by atoms with Gasteiger partial charge in [0, 0.05) is 10.3 Å². The Hall–Kier alpha value is -1.14. The lowest BCUT2D eigenvalue weighted by atomic mass is 9.89. The second-order valence-corrected chi connectivity index (χ2v) is 9.52. The van der Waals surface area contributed by atoms with Crippen LogP contribution in [0.25, 0.3) is 10.2 Å². The van der Waals surface area contributed by atoms with Crippen LogP contribution in [0.4, 0.5) is 0 Å². The Morgan fingerprint density at radius 3 is 2.96 bits per heavy atom. The molecule has 136 valence electrons. The van der Waals surface area contributed by atoms with Gasteiger partial charge in [0.2, 0.25) is 0 Å². The number of fused-ring (bicyclic) bond motifs is 3. The largest absolute Gasteiger partial charge is 0.465 e. The first-order chi connectivity index (χ1) is 12.0. The first-order valence-corrected chi connectivity index (χ1v) is 10.8. The molecule has 2 aromatic rings. The van der Waals surface area contributed by atoms with Crippen LogP contribution in [-0.4, -0.2) is 27.8 Å². The lowest BCUT2D eigenvalue weighted by Crippen LogP contribution is -2.21. The first-order valence-electron chi connectivity index (χ1n) is 9.08. The smallest absolute Gasteiger partial charge is 0.319 e. The van der Waals surface area contributed by atoms with Gasteiger partial charge in [0.1, 0.15) is 21.4 Å². The number of nitrogens with zero attached hydrogens (tertiary/aromatic N) is 2. The summed E-state index contributed by atoms with van der Waals surface area (Å²) in [6.07, 6.45) is 5.80. The third kappa shape index (κ3) is 4.17. The zero-order valence-corrected chi connectivity index (χ0v) is 17.0. The molecule has 1 aliphatic rings. The van der Waals surface area contributed by atoms with Gasteiger partial charge in [-0.05, 0) is 43.1 Å². The summed E-state index contributed by atoms with van der Waals surface area (Å²) in [5.74, 6) is 0.952. The van der Waals surface area contributed by atoms with Gasteiger partial charge in [-0.2, -0.15) is 0 Å². The monoisotopic (exact) mass is 378 g/mol. The zero-order valence-electron chi connectivity index (χ0n) is 15.4. The number of carbonyl (C=O) groups excluding carboxylic acids is 1. The average molecular weight is 379 g/mol. The number of hydrogen-bond donors (Lipinski definition) is 0. The van der Waals surface area contributed by atoms with Crippen LogP contribution in [0.5, 0.6) is 0 Å². The van der Waals surface area contributed by atoms with E-state index in [9.17, 15) is 4.79 Å². The number of thiophene rings is 1. The van der Waals surface area contributed by atoms with E-state index in [4.69, 9.17) is 4.74 Å². The van der Waals surface area contributed by atoms with Crippen LogP contribution in [0.1, 0.15) is 51.0 Å². The van der Waals surface area contributed by atoms with E-state index in [0.29, 0.717) is 12.5 Å². The van der Waals surface area contributed by atoms with E-state index in [1.807, 2.05) is 20.8 Å². The van der Waals surface area contributed by atoms with Crippen molar-refractivity contribution in [3.8, 4) is 0 Å². The van der Waals surface area contributed by atoms with Gasteiger partial charge >= 0.3 is 5.97 Å². The lowest BCUT2D eigenvalue weighted by molar-refractivity contribution is -0.144. The normalized spacial score (nSPS) is 18.4. The summed E-state index contributed by atoms with van der Waals surface area (Å²) < 4.78 is 5.45. The maximum absolute atomic E-state index is 12.4. The molecule has 0 aromatic carbocycles. The Kier molecular flexibility index (Phi) is 6.00. The molecule has 6 heteroatoms. The van der Waals surface area contributed by atoms with Gasteiger partial charge in [0.05, 0.1) is 6.61 Å². The quantitative estimate of drug-likeness (QED) is 0.407. The fourth-order valence-corrected chi connectivity index (χ4v) is 5.57. The van der Waals surface area contributed by atoms with Crippen molar-refractivity contribution >= 4 is 39.3 Å². The van der Waals surface area contributed by atoms with Gasteiger partial charge in [-0.15, -0.1) is 11.3 Å². The van der Waals surface area contributed by atoms with Crippen LogP contribution in [0.3, 0.4) is 0 Å². The number of hydrogen-bond acceptors (Lipinski definition) is 6. The first kappa shape index (κ1) is 18.6. The number of esters is 1. The molecule has 4 nitrogen and oxygen atoms in total. The Balaban J connectivity index is 1.86. The molecule has 0 bridgehead atoms. The maximum Gasteiger partial charge on any atom is 0.319 e. The summed E-state index contributed by atoms with van der Waals surface area (Å²) in [6.45, 7) is 8.91. The van der Waals surface area contributed by atoms with E-state index in [1.54, 1.807) is 17.7 Å². The highest BCUT2D eigenvalue weighted by molar-refractivity contribution is 8.00. The number of carbonyl (C=O) groups is 1. The van der Waals surface area contributed by atoms with E-state index >= 15 is 0 Å². The van der Waals surface area contributed by atoms with Crippen molar-refractivity contribution in [2.45, 2.75) is 63.7 Å². The molecule has 0 amide bonds. The van der Waals surface area contributed by atoms with Crippen molar-refractivity contribution in [2.24, 2.45) is 11.8 Å². The van der Waals surface area contributed by atoms with Crippen molar-refractivity contribution in [3.05, 3.63) is 16.8 Å². The molecular formula is C19H26N2O2S2. The maximum atomic E-state index is 12.4. The lowest BCUT2D eigenvalue weighted by Gasteiger charge is -2.19. The van der Waals surface area contributed by atoms with Gasteiger partial charge in [-0.3, -0.25) is 4.79 Å². The molecule has 2 heterocycles. The highest BCUT2D eigenvalue weighted by Crippen LogP contribution is 2.41. The molecule has 2 aromatic heterocycles. The summed E-state index contributed by atoms with van der Waals surface area (Å²) in [4.78, 5) is 23.9. The van der Waals surface area contributed by atoms with E-state index in [2.05, 4.69) is 16.9 Å². The summed E-state index contributed by atoms with van der Waals surface area (Å²) in [6, 6.07) is 0. The van der Waals surface area contributed by atoms with Crippen LogP contribution in [0.2, 0.25) is 0 Å². The zero-order chi connectivity index (χ0) is 18.0. The molecule has 0 saturated heterocycles. The fraction of sp³-hybridized carbons (Fsp3) is 0.632. The average Bonchev–Trinajstić information content (AvgIpc) is 2.95. The SMILES string of the molecule is CC[C@@H](Sc1ncnc2sc3c(c12)CC[C@H](C)C3)C(=O)OCC(C)C. The van der Waals surface area contributed by atoms with Gasteiger partial charge in [-0.25, -0.2) is 9.97 Å². The number of ether oxygens (including phenoxy) is 1. The Morgan fingerprint density at radius 1 is 1.44 bits per heavy atom. The molecular weight excluding hydrogens is 352 g/mol. The molecule has 0 spiro atoms. The van der Waals surface area contributed by atoms with Crippen LogP contribution in [0.15, 0.2) is 11.4 Å². The van der Waals surface area contributed by atoms with Crippen molar-refractivity contribution in [2.75, 3.05) is 6.61 Å². The third-order valence-electron chi connectivity index (χ3n) is 4.50. The van der Waals surface area contributed by atoms with Crippen molar-refractivity contribution in [3.63, 3.8) is 0 Å². The van der Waals surface area contributed by atoms with Crippen LogP contribution in [-0.2, 0) is 22.4 Å². The van der Waals surface area contributed by atoms with Crippen molar-refractivity contribution < 1.29 is 9.53 Å². The molecule has 25 heavy (non-hydrogen) atoms. The number of thioether (sulfide) groups is 1. The summed E-state index contributed by atoms with van der Waals surface area (Å²) >= 11 is 3.33. The summed E-state index contributed by atoms with van der Waals surface area (Å²) in [5.41, 5.74) is 1.41. The molecule has 1 aliphatic carbocycles. The van der Waals surface area contributed by atoms with Crippen LogP contribution >= 0.6 is 23.1 Å². The highest BCUT2D eigenvalue weighted by Gasteiger charge is 2.26. The minimum atomic E-state index is -0.213. The molecule has 3 rings (SSSR count). The van der Waals surface area contributed by atoms with Gasteiger partial charge in [0.25, 0.3) is 0 Å². The summed E-state index contributed by atoms with van der Waals surface area (Å²) in [7, 11) is 0. The van der Waals surface area contributed by atoms with Gasteiger partial charge < -0.3 is 4.74 Å².